The van der Waals surface area contributed by atoms with Crippen molar-refractivity contribution in [3.63, 3.8) is 0 Å². The van der Waals surface area contributed by atoms with Crippen molar-refractivity contribution in [1.29, 1.82) is 5.26 Å². The first kappa shape index (κ1) is 22.3. The first-order chi connectivity index (χ1) is 15.9. The molecular formula is C23H22N4O6. The Hall–Kier alpha value is -3.94. The lowest BCUT2D eigenvalue weighted by Gasteiger charge is -2.18. The Balaban J connectivity index is 1.27. The number of Topliss-reactive ketones (excluding diaryl/α,β-unsaturated/α-hetero) is 1. The smallest absolute Gasteiger partial charge is 0.412 e. The van der Waals surface area contributed by atoms with Crippen LogP contribution < -0.4 is 16.0 Å². The average molecular weight is 450 g/mol. The summed E-state index contributed by atoms with van der Waals surface area (Å²) in [5, 5.41) is 17.0. The van der Waals surface area contributed by atoms with Crippen molar-refractivity contribution in [3.05, 3.63) is 59.7 Å². The summed E-state index contributed by atoms with van der Waals surface area (Å²) < 4.78 is 16.9. The third-order valence-corrected chi connectivity index (χ3v) is 5.37. The van der Waals surface area contributed by atoms with Crippen molar-refractivity contribution in [1.82, 2.24) is 5.32 Å². The van der Waals surface area contributed by atoms with E-state index in [1.807, 2.05) is 6.07 Å². The highest BCUT2D eigenvalue weighted by atomic mass is 16.6. The van der Waals surface area contributed by atoms with Crippen LogP contribution in [-0.2, 0) is 14.2 Å². The summed E-state index contributed by atoms with van der Waals surface area (Å²) in [5.74, 6) is -0.0656. The number of nitrogens with one attached hydrogen (secondary N) is 3. The molecule has 10 nitrogen and oxygen atoms in total. The van der Waals surface area contributed by atoms with Gasteiger partial charge in [0.25, 0.3) is 0 Å². The molecule has 0 aliphatic carbocycles. The highest BCUT2D eigenvalue weighted by Gasteiger charge is 2.50. The molecule has 2 aromatic carbocycles. The van der Waals surface area contributed by atoms with Crippen molar-refractivity contribution >= 4 is 29.3 Å². The maximum Gasteiger partial charge on any atom is 0.412 e. The van der Waals surface area contributed by atoms with E-state index in [9.17, 15) is 14.4 Å². The molecule has 0 saturated carbocycles. The second-order valence-corrected chi connectivity index (χ2v) is 7.70. The molecule has 4 rings (SSSR count). The lowest BCUT2D eigenvalue weighted by atomic mass is 10.1. The largest absolute Gasteiger partial charge is 0.441 e. The molecule has 0 spiro atoms. The van der Waals surface area contributed by atoms with Gasteiger partial charge in [-0.3, -0.25) is 10.1 Å². The fraction of sp³-hybridized carbons (Fsp3) is 0.304. The maximum atomic E-state index is 12.4. The number of rotatable bonds is 5. The molecule has 2 fully saturated rings. The Bertz CT molecular complexity index is 1100. The first-order valence-corrected chi connectivity index (χ1v) is 10.3. The second-order valence-electron chi connectivity index (χ2n) is 7.70. The Morgan fingerprint density at radius 2 is 1.76 bits per heavy atom. The number of carbonyl (C=O) groups is 3. The van der Waals surface area contributed by atoms with Gasteiger partial charge in [0.2, 0.25) is 0 Å². The van der Waals surface area contributed by atoms with Gasteiger partial charge in [-0.1, -0.05) is 6.07 Å². The van der Waals surface area contributed by atoms with E-state index >= 15 is 0 Å². The highest BCUT2D eigenvalue weighted by Crippen LogP contribution is 2.29. The van der Waals surface area contributed by atoms with Gasteiger partial charge in [0.15, 0.2) is 11.9 Å². The molecule has 3 N–H and O–H groups in total. The number of hydrogen-bond donors (Lipinski definition) is 3. The van der Waals surface area contributed by atoms with Gasteiger partial charge in [0, 0.05) is 16.9 Å². The SMILES string of the molecule is CC(=O)c1ccc(NC(=O)O[C@H]2CO[C@@H]3[C@@H]2OC[C@@H]3NC(=O)Nc2cccc(C#N)c2)cc1. The minimum atomic E-state index is -0.671. The number of anilines is 2. The minimum absolute atomic E-state index is 0.0656. The Kier molecular flexibility index (Phi) is 6.53. The van der Waals surface area contributed by atoms with E-state index in [1.165, 1.54) is 6.92 Å². The van der Waals surface area contributed by atoms with Gasteiger partial charge in [-0.2, -0.15) is 5.26 Å². The van der Waals surface area contributed by atoms with Gasteiger partial charge in [-0.15, -0.1) is 0 Å². The predicted octanol–water partition coefficient (Wildman–Crippen LogP) is 2.67. The fourth-order valence-corrected chi connectivity index (χ4v) is 3.76. The van der Waals surface area contributed by atoms with Crippen molar-refractivity contribution in [2.75, 3.05) is 23.8 Å². The number of ether oxygens (including phenoxy) is 3. The number of urea groups is 1. The van der Waals surface area contributed by atoms with Gasteiger partial charge >= 0.3 is 12.1 Å². The van der Waals surface area contributed by atoms with E-state index in [-0.39, 0.29) is 19.0 Å². The van der Waals surface area contributed by atoms with Crippen molar-refractivity contribution in [2.45, 2.75) is 31.3 Å². The van der Waals surface area contributed by atoms with Crippen LogP contribution in [-0.4, -0.2) is 55.5 Å². The summed E-state index contributed by atoms with van der Waals surface area (Å²) in [6, 6.07) is 14.1. The van der Waals surface area contributed by atoms with Crippen LogP contribution in [0.3, 0.4) is 0 Å². The molecule has 3 amide bonds. The lowest BCUT2D eigenvalue weighted by Crippen LogP contribution is -2.46. The molecule has 10 heteroatoms. The van der Waals surface area contributed by atoms with Crippen LogP contribution in [0.5, 0.6) is 0 Å². The molecule has 0 aromatic heterocycles. The molecule has 170 valence electrons. The first-order valence-electron chi connectivity index (χ1n) is 10.3. The van der Waals surface area contributed by atoms with Crippen LogP contribution in [0.1, 0.15) is 22.8 Å². The Labute approximate surface area is 189 Å². The number of ketones is 1. The molecule has 2 saturated heterocycles. The molecule has 33 heavy (non-hydrogen) atoms. The standard InChI is InChI=1S/C23H22N4O6/c1-13(28)15-5-7-16(8-6-15)26-23(30)33-19-12-32-20-18(11-31-21(19)20)27-22(29)25-17-4-2-3-14(9-17)10-24/h2-9,18-21H,11-12H2,1H3,(H,26,30)(H2,25,27,29)/t18-,19-,20-,21+/m0/s1. The molecule has 2 aliphatic rings. The van der Waals surface area contributed by atoms with Crippen molar-refractivity contribution in [3.8, 4) is 6.07 Å². The van der Waals surface area contributed by atoms with Gasteiger partial charge in [-0.05, 0) is 49.4 Å². The van der Waals surface area contributed by atoms with Gasteiger partial charge in [-0.25, -0.2) is 9.59 Å². The van der Waals surface area contributed by atoms with E-state index in [0.29, 0.717) is 22.5 Å². The van der Waals surface area contributed by atoms with Crippen molar-refractivity contribution < 1.29 is 28.6 Å². The number of benzene rings is 2. The van der Waals surface area contributed by atoms with Crippen LogP contribution in [0, 0.1) is 11.3 Å². The quantitative estimate of drug-likeness (QED) is 0.595. The van der Waals surface area contributed by atoms with E-state index < -0.39 is 36.5 Å². The van der Waals surface area contributed by atoms with Crippen molar-refractivity contribution in [2.24, 2.45) is 0 Å². The van der Waals surface area contributed by atoms with E-state index in [1.54, 1.807) is 48.5 Å². The number of carbonyl (C=O) groups excluding carboxylic acids is 3. The fourth-order valence-electron chi connectivity index (χ4n) is 3.76. The monoisotopic (exact) mass is 450 g/mol. The maximum absolute atomic E-state index is 12.4. The average Bonchev–Trinajstić information content (AvgIpc) is 3.37. The van der Waals surface area contributed by atoms with Crippen LogP contribution in [0.25, 0.3) is 0 Å². The van der Waals surface area contributed by atoms with Gasteiger partial charge in [0.05, 0.1) is 30.9 Å². The predicted molar refractivity (Wildman–Crippen MR) is 117 cm³/mol. The van der Waals surface area contributed by atoms with E-state index in [2.05, 4.69) is 16.0 Å². The number of nitrogens with zero attached hydrogens (tertiary/aromatic N) is 1. The zero-order valence-corrected chi connectivity index (χ0v) is 17.7. The van der Waals surface area contributed by atoms with Crippen LogP contribution in [0.15, 0.2) is 48.5 Å². The summed E-state index contributed by atoms with van der Waals surface area (Å²) >= 11 is 0. The number of amides is 3. The molecule has 0 radical (unpaired) electrons. The highest BCUT2D eigenvalue weighted by molar-refractivity contribution is 5.95. The summed E-state index contributed by atoms with van der Waals surface area (Å²) in [5.41, 5.74) is 1.96. The molecule has 2 aliphatic heterocycles. The molecule has 0 unspecified atom stereocenters. The number of nitriles is 1. The Morgan fingerprint density at radius 1 is 1.00 bits per heavy atom. The molecule has 2 aromatic rings. The topological polar surface area (TPSA) is 139 Å². The number of fused-ring (bicyclic) bond motifs is 1. The Morgan fingerprint density at radius 3 is 2.48 bits per heavy atom. The lowest BCUT2D eigenvalue weighted by molar-refractivity contribution is 0.00873. The molecular weight excluding hydrogens is 428 g/mol. The molecule has 2 heterocycles. The van der Waals surface area contributed by atoms with Gasteiger partial charge < -0.3 is 24.8 Å². The summed E-state index contributed by atoms with van der Waals surface area (Å²) in [6.07, 6.45) is -2.28. The molecule has 0 bridgehead atoms. The third kappa shape index (κ3) is 5.28. The summed E-state index contributed by atoms with van der Waals surface area (Å²) in [4.78, 5) is 36.0. The van der Waals surface area contributed by atoms with E-state index in [0.717, 1.165) is 0 Å². The van der Waals surface area contributed by atoms with Gasteiger partial charge in [0.1, 0.15) is 12.2 Å². The van der Waals surface area contributed by atoms with Crippen LogP contribution in [0.4, 0.5) is 21.0 Å². The minimum Gasteiger partial charge on any atom is -0.441 e. The summed E-state index contributed by atoms with van der Waals surface area (Å²) in [6.45, 7) is 1.80. The van der Waals surface area contributed by atoms with Crippen LogP contribution >= 0.6 is 0 Å². The van der Waals surface area contributed by atoms with E-state index in [4.69, 9.17) is 19.5 Å². The zero-order valence-electron chi connectivity index (χ0n) is 17.7. The normalized spacial score (nSPS) is 23.2. The molecule has 4 atom stereocenters. The third-order valence-electron chi connectivity index (χ3n) is 5.37. The zero-order chi connectivity index (χ0) is 23.4. The second kappa shape index (κ2) is 9.68. The van der Waals surface area contributed by atoms with Crippen LogP contribution in [0.2, 0.25) is 0 Å². The number of hydrogen-bond acceptors (Lipinski definition) is 7. The summed E-state index contributed by atoms with van der Waals surface area (Å²) in [7, 11) is 0.